The highest BCUT2D eigenvalue weighted by atomic mass is 35.5. The molecule has 31 heavy (non-hydrogen) atoms. The molecule has 1 aliphatic heterocycles. The van der Waals surface area contributed by atoms with E-state index in [0.717, 1.165) is 16.6 Å². The Labute approximate surface area is 184 Å². The predicted molar refractivity (Wildman–Crippen MR) is 118 cm³/mol. The summed E-state index contributed by atoms with van der Waals surface area (Å²) in [6, 6.07) is 10.8. The van der Waals surface area contributed by atoms with Gasteiger partial charge in [0.25, 0.3) is 0 Å². The minimum absolute atomic E-state index is 0.0623. The number of primary amides is 1. The summed E-state index contributed by atoms with van der Waals surface area (Å²) in [7, 11) is 0. The van der Waals surface area contributed by atoms with Crippen LogP contribution in [0.25, 0.3) is 22.2 Å². The first-order valence-corrected chi connectivity index (χ1v) is 10.6. The molecule has 2 amide bonds. The number of aromatic nitrogens is 1. The van der Waals surface area contributed by atoms with Gasteiger partial charge in [-0.1, -0.05) is 37.6 Å². The molecule has 3 aromatic rings. The molecule has 0 saturated carbocycles. The van der Waals surface area contributed by atoms with Crippen LogP contribution >= 0.6 is 11.6 Å². The van der Waals surface area contributed by atoms with Crippen molar-refractivity contribution in [2.45, 2.75) is 38.6 Å². The van der Waals surface area contributed by atoms with Crippen LogP contribution in [0.15, 0.2) is 40.8 Å². The van der Waals surface area contributed by atoms with Crippen molar-refractivity contribution in [1.29, 1.82) is 0 Å². The number of rotatable bonds is 4. The number of halogens is 1. The van der Waals surface area contributed by atoms with Crippen LogP contribution in [0.5, 0.6) is 0 Å². The monoisotopic (exact) mass is 441 g/mol. The van der Waals surface area contributed by atoms with Gasteiger partial charge < -0.3 is 20.2 Å². The van der Waals surface area contributed by atoms with Crippen LogP contribution < -0.4 is 5.73 Å². The van der Waals surface area contributed by atoms with E-state index in [0.29, 0.717) is 35.9 Å². The van der Waals surface area contributed by atoms with Crippen LogP contribution in [0.3, 0.4) is 0 Å². The number of piperidine rings is 1. The standard InChI is InChI=1S/C23H24ClN3O4/c1-12(2)19-11-15(7-8-27(19)23(29)30)22-26-18-10-14(4-6-20(18)31-22)13-3-5-16(21(25)28)17(24)9-13/h3-6,9-10,12,15,19H,7-8,11H2,1-2H3,(H2,25,28)(H,29,30). The molecular weight excluding hydrogens is 418 g/mol. The molecule has 0 aliphatic carbocycles. The molecule has 1 fully saturated rings. The Morgan fingerprint density at radius 3 is 2.58 bits per heavy atom. The number of likely N-dealkylation sites (tertiary alicyclic amines) is 1. The first kappa shape index (κ1) is 21.2. The van der Waals surface area contributed by atoms with Gasteiger partial charge in [-0.15, -0.1) is 0 Å². The molecule has 1 saturated heterocycles. The summed E-state index contributed by atoms with van der Waals surface area (Å²) in [4.78, 5) is 29.2. The number of fused-ring (bicyclic) bond motifs is 1. The van der Waals surface area contributed by atoms with Crippen LogP contribution in [0.1, 0.15) is 48.9 Å². The van der Waals surface area contributed by atoms with Gasteiger partial charge in [0.15, 0.2) is 11.5 Å². The number of hydrogen-bond acceptors (Lipinski definition) is 4. The molecule has 3 N–H and O–H groups in total. The van der Waals surface area contributed by atoms with Crippen LogP contribution in [0.2, 0.25) is 5.02 Å². The van der Waals surface area contributed by atoms with Crippen molar-refractivity contribution in [3.8, 4) is 11.1 Å². The zero-order valence-corrected chi connectivity index (χ0v) is 18.1. The lowest BCUT2D eigenvalue weighted by Gasteiger charge is -2.39. The molecule has 2 atom stereocenters. The molecule has 2 heterocycles. The molecule has 1 aromatic heterocycles. The van der Waals surface area contributed by atoms with Crippen LogP contribution in [-0.2, 0) is 0 Å². The smallest absolute Gasteiger partial charge is 0.407 e. The molecule has 0 bridgehead atoms. The van der Waals surface area contributed by atoms with E-state index in [-0.39, 0.29) is 23.4 Å². The SMILES string of the molecule is CC(C)C1CC(c2nc3cc(-c4ccc(C(N)=O)c(Cl)c4)ccc3o2)CCN1C(=O)O. The number of carbonyl (C=O) groups excluding carboxylic acids is 1. The third kappa shape index (κ3) is 4.10. The van der Waals surface area contributed by atoms with Crippen molar-refractivity contribution in [2.75, 3.05) is 6.54 Å². The highest BCUT2D eigenvalue weighted by molar-refractivity contribution is 6.34. The third-order valence-corrected chi connectivity index (χ3v) is 6.29. The Hall–Kier alpha value is -3.06. The lowest BCUT2D eigenvalue weighted by molar-refractivity contribution is 0.0794. The number of carbonyl (C=O) groups is 2. The number of benzene rings is 2. The lowest BCUT2D eigenvalue weighted by Crippen LogP contribution is -2.47. The molecule has 1 aliphatic rings. The number of amides is 2. The Bertz CT molecular complexity index is 1160. The van der Waals surface area contributed by atoms with Crippen molar-refractivity contribution in [2.24, 2.45) is 11.7 Å². The molecule has 4 rings (SSSR count). The average molecular weight is 442 g/mol. The van der Waals surface area contributed by atoms with Gasteiger partial charge in [0.1, 0.15) is 5.52 Å². The van der Waals surface area contributed by atoms with Crippen molar-refractivity contribution >= 4 is 34.7 Å². The number of nitrogens with zero attached hydrogens (tertiary/aromatic N) is 2. The van der Waals surface area contributed by atoms with Crippen molar-refractivity contribution in [3.63, 3.8) is 0 Å². The van der Waals surface area contributed by atoms with E-state index in [1.54, 1.807) is 18.2 Å². The number of nitrogens with two attached hydrogens (primary N) is 1. The molecule has 2 aromatic carbocycles. The topological polar surface area (TPSA) is 110 Å². The Morgan fingerprint density at radius 2 is 1.94 bits per heavy atom. The molecule has 0 radical (unpaired) electrons. The summed E-state index contributed by atoms with van der Waals surface area (Å²) in [6.07, 6.45) is 0.494. The fourth-order valence-electron chi connectivity index (χ4n) is 4.29. The Balaban J connectivity index is 1.62. The highest BCUT2D eigenvalue weighted by Crippen LogP contribution is 2.36. The van der Waals surface area contributed by atoms with E-state index in [1.807, 2.05) is 32.0 Å². The molecular formula is C23H24ClN3O4. The van der Waals surface area contributed by atoms with E-state index in [2.05, 4.69) is 0 Å². The van der Waals surface area contributed by atoms with Crippen molar-refractivity contribution in [1.82, 2.24) is 9.88 Å². The molecule has 8 heteroatoms. The van der Waals surface area contributed by atoms with Gasteiger partial charge in [-0.3, -0.25) is 4.79 Å². The highest BCUT2D eigenvalue weighted by Gasteiger charge is 2.35. The summed E-state index contributed by atoms with van der Waals surface area (Å²) in [6.45, 7) is 4.55. The Morgan fingerprint density at radius 1 is 1.23 bits per heavy atom. The molecule has 2 unspecified atom stereocenters. The van der Waals surface area contributed by atoms with Crippen molar-refractivity contribution in [3.05, 3.63) is 52.9 Å². The summed E-state index contributed by atoms with van der Waals surface area (Å²) in [5, 5.41) is 9.79. The van der Waals surface area contributed by atoms with E-state index < -0.39 is 12.0 Å². The fraction of sp³-hybridized carbons (Fsp3) is 0.348. The molecule has 162 valence electrons. The van der Waals surface area contributed by atoms with Crippen LogP contribution in [0, 0.1) is 5.92 Å². The van der Waals surface area contributed by atoms with E-state index in [4.69, 9.17) is 26.7 Å². The maximum absolute atomic E-state index is 11.6. The van der Waals surface area contributed by atoms with E-state index in [9.17, 15) is 14.7 Å². The number of hydrogen-bond donors (Lipinski definition) is 2. The number of oxazole rings is 1. The predicted octanol–water partition coefficient (Wildman–Crippen LogP) is 5.13. The van der Waals surface area contributed by atoms with Gasteiger partial charge in [-0.25, -0.2) is 9.78 Å². The van der Waals surface area contributed by atoms with Crippen LogP contribution in [0.4, 0.5) is 4.79 Å². The van der Waals surface area contributed by atoms with E-state index in [1.165, 1.54) is 4.90 Å². The largest absolute Gasteiger partial charge is 0.465 e. The lowest BCUT2D eigenvalue weighted by atomic mass is 9.85. The van der Waals surface area contributed by atoms with Gasteiger partial charge in [-0.05, 0) is 54.2 Å². The summed E-state index contributed by atoms with van der Waals surface area (Å²) in [5.74, 6) is 0.359. The Kier molecular flexibility index (Phi) is 5.62. The minimum atomic E-state index is -0.875. The third-order valence-electron chi connectivity index (χ3n) is 5.98. The van der Waals surface area contributed by atoms with Crippen molar-refractivity contribution < 1.29 is 19.1 Å². The zero-order valence-electron chi connectivity index (χ0n) is 17.3. The first-order chi connectivity index (χ1) is 14.7. The quantitative estimate of drug-likeness (QED) is 0.583. The van der Waals surface area contributed by atoms with Gasteiger partial charge in [-0.2, -0.15) is 0 Å². The van der Waals surface area contributed by atoms with Gasteiger partial charge in [0.05, 0.1) is 10.6 Å². The summed E-state index contributed by atoms with van der Waals surface area (Å²) < 4.78 is 6.03. The van der Waals surface area contributed by atoms with Gasteiger partial charge in [0, 0.05) is 18.5 Å². The van der Waals surface area contributed by atoms with E-state index >= 15 is 0 Å². The van der Waals surface area contributed by atoms with Gasteiger partial charge >= 0.3 is 6.09 Å². The fourth-order valence-corrected chi connectivity index (χ4v) is 4.56. The normalized spacial score (nSPS) is 19.2. The maximum Gasteiger partial charge on any atom is 0.407 e. The second-order valence-corrected chi connectivity index (χ2v) is 8.71. The van der Waals surface area contributed by atoms with Crippen LogP contribution in [-0.4, -0.2) is 39.6 Å². The second kappa shape index (κ2) is 8.23. The molecule has 0 spiro atoms. The second-order valence-electron chi connectivity index (χ2n) is 8.30. The minimum Gasteiger partial charge on any atom is -0.465 e. The number of carboxylic acid groups (broad SMARTS) is 1. The maximum atomic E-state index is 11.6. The zero-order chi connectivity index (χ0) is 22.3. The van der Waals surface area contributed by atoms with Gasteiger partial charge in [0.2, 0.25) is 5.91 Å². The summed E-state index contributed by atoms with van der Waals surface area (Å²) >= 11 is 6.19. The summed E-state index contributed by atoms with van der Waals surface area (Å²) in [5.41, 5.74) is 8.75. The average Bonchev–Trinajstić information content (AvgIpc) is 3.16. The first-order valence-electron chi connectivity index (χ1n) is 10.2. The molecule has 7 nitrogen and oxygen atoms in total.